The maximum absolute atomic E-state index is 14.1. The van der Waals surface area contributed by atoms with Crippen molar-refractivity contribution in [2.45, 2.75) is 25.6 Å². The van der Waals surface area contributed by atoms with Crippen molar-refractivity contribution in [2.75, 3.05) is 26.5 Å². The Morgan fingerprint density at radius 3 is 1.95 bits per heavy atom. The summed E-state index contributed by atoms with van der Waals surface area (Å²) in [4.78, 5) is 29.3. The van der Waals surface area contributed by atoms with E-state index in [1.807, 2.05) is 30.3 Å². The molecule has 0 bridgehead atoms. The normalized spacial score (nSPS) is 12.0. The van der Waals surface area contributed by atoms with Crippen LogP contribution < -0.4 is 10.1 Å². The zero-order valence-electron chi connectivity index (χ0n) is 24.7. The number of amides is 2. The van der Waals surface area contributed by atoms with Gasteiger partial charge in [-0.3, -0.25) is 9.59 Å². The number of nitrogens with one attached hydrogen (secondary N) is 1. The lowest BCUT2D eigenvalue weighted by molar-refractivity contribution is -0.141. The minimum absolute atomic E-state index is 0.0140. The van der Waals surface area contributed by atoms with E-state index in [-0.39, 0.29) is 13.1 Å². The fourth-order valence-electron chi connectivity index (χ4n) is 4.76. The molecule has 0 heterocycles. The fraction of sp³-hybridized carbons (Fsp3) is 0.235. The average Bonchev–Trinajstić information content (AvgIpc) is 3.02. The van der Waals surface area contributed by atoms with Gasteiger partial charge >= 0.3 is 0 Å². The second-order valence-electron chi connectivity index (χ2n) is 10.4. The summed E-state index contributed by atoms with van der Waals surface area (Å²) in [5, 5.41) is 2.96. The summed E-state index contributed by atoms with van der Waals surface area (Å²) in [7, 11) is -2.21. The van der Waals surface area contributed by atoms with Gasteiger partial charge in [0.1, 0.15) is 17.6 Å². The highest BCUT2D eigenvalue weighted by Crippen LogP contribution is 2.25. The zero-order valence-corrected chi connectivity index (χ0v) is 25.5. The summed E-state index contributed by atoms with van der Waals surface area (Å²) < 4.78 is 45.7. The summed E-state index contributed by atoms with van der Waals surface area (Å²) in [5.41, 5.74) is 2.84. The Balaban J connectivity index is 1.64. The lowest BCUT2D eigenvalue weighted by atomic mass is 10.0. The topological polar surface area (TPSA) is 96.0 Å². The van der Waals surface area contributed by atoms with E-state index in [0.29, 0.717) is 29.7 Å². The molecule has 0 radical (unpaired) electrons. The molecule has 0 saturated carbocycles. The van der Waals surface area contributed by atoms with Gasteiger partial charge in [0, 0.05) is 19.6 Å². The first kappa shape index (κ1) is 32.4. The average molecular weight is 618 g/mol. The predicted octanol–water partition coefficient (Wildman–Crippen LogP) is 4.72. The Morgan fingerprint density at radius 1 is 0.795 bits per heavy atom. The Morgan fingerprint density at radius 2 is 1.36 bits per heavy atom. The fourth-order valence-corrected chi connectivity index (χ4v) is 5.48. The molecule has 10 heteroatoms. The molecule has 44 heavy (non-hydrogen) atoms. The minimum atomic E-state index is -3.80. The highest BCUT2D eigenvalue weighted by atomic mass is 32.2. The number of halogens is 1. The number of carbonyl (C=O) groups is 2. The van der Waals surface area contributed by atoms with Crippen LogP contribution in [-0.2, 0) is 39.1 Å². The number of hydrogen-bond donors (Lipinski definition) is 1. The van der Waals surface area contributed by atoms with Crippen LogP contribution in [0.4, 0.5) is 4.39 Å². The van der Waals surface area contributed by atoms with E-state index < -0.39 is 40.2 Å². The van der Waals surface area contributed by atoms with Crippen LogP contribution >= 0.6 is 0 Å². The number of methoxy groups -OCH3 is 1. The van der Waals surface area contributed by atoms with Crippen LogP contribution in [0.3, 0.4) is 0 Å². The lowest BCUT2D eigenvalue weighted by Gasteiger charge is -2.33. The van der Waals surface area contributed by atoms with Gasteiger partial charge in [-0.15, -0.1) is 0 Å². The van der Waals surface area contributed by atoms with E-state index >= 15 is 0 Å². The van der Waals surface area contributed by atoms with Crippen LogP contribution in [0.15, 0.2) is 109 Å². The number of rotatable bonds is 14. The Bertz CT molecular complexity index is 1620. The molecule has 8 nitrogen and oxygen atoms in total. The number of nitrogens with zero attached hydrogens (tertiary/aromatic N) is 2. The van der Waals surface area contributed by atoms with E-state index in [4.69, 9.17) is 4.74 Å². The van der Waals surface area contributed by atoms with Gasteiger partial charge in [0.2, 0.25) is 21.8 Å². The van der Waals surface area contributed by atoms with E-state index in [2.05, 4.69) is 5.32 Å². The van der Waals surface area contributed by atoms with E-state index in [9.17, 15) is 22.4 Å². The van der Waals surface area contributed by atoms with E-state index in [1.165, 1.54) is 29.2 Å². The molecule has 0 aromatic heterocycles. The van der Waals surface area contributed by atoms with Gasteiger partial charge in [0.15, 0.2) is 0 Å². The summed E-state index contributed by atoms with van der Waals surface area (Å²) in [6, 6.07) is 29.9. The molecule has 1 atom stereocenters. The van der Waals surface area contributed by atoms with Crippen molar-refractivity contribution in [3.05, 3.63) is 137 Å². The van der Waals surface area contributed by atoms with Gasteiger partial charge in [0.25, 0.3) is 0 Å². The molecule has 0 aliphatic heterocycles. The Labute approximate surface area is 258 Å². The van der Waals surface area contributed by atoms with Crippen LogP contribution in [0.25, 0.3) is 0 Å². The monoisotopic (exact) mass is 617 g/mol. The quantitative estimate of drug-likeness (QED) is 0.221. The standard InChI is InChI=1S/C34H36FN3O5S/c1-43-31-19-15-26(16-20-31)21-22-36-34(40)33(29-11-7-4-8-12-29)38(24-28-13-17-30(35)18-14-28)32(39)25-37(44(2,41)42)23-27-9-5-3-6-10-27/h3-20,33H,21-25H2,1-2H3,(H,36,40)/t33-/m0/s1. The van der Waals surface area contributed by atoms with Crippen LogP contribution in [0.2, 0.25) is 0 Å². The maximum Gasteiger partial charge on any atom is 0.247 e. The van der Waals surface area contributed by atoms with Crippen molar-refractivity contribution in [3.8, 4) is 5.75 Å². The lowest BCUT2D eigenvalue weighted by Crippen LogP contribution is -2.48. The van der Waals surface area contributed by atoms with Crippen molar-refractivity contribution < 1.29 is 27.1 Å². The van der Waals surface area contributed by atoms with Crippen molar-refractivity contribution in [2.24, 2.45) is 0 Å². The second kappa shape index (κ2) is 15.3. The minimum Gasteiger partial charge on any atom is -0.497 e. The first-order valence-electron chi connectivity index (χ1n) is 14.1. The molecule has 2 amide bonds. The molecule has 4 rings (SSSR count). The first-order valence-corrected chi connectivity index (χ1v) is 16.0. The third-order valence-corrected chi connectivity index (χ3v) is 8.31. The highest BCUT2D eigenvalue weighted by Gasteiger charge is 2.33. The summed E-state index contributed by atoms with van der Waals surface area (Å²) >= 11 is 0. The molecule has 0 fully saturated rings. The van der Waals surface area contributed by atoms with E-state index in [0.717, 1.165) is 21.9 Å². The van der Waals surface area contributed by atoms with Crippen LogP contribution in [-0.4, -0.2) is 55.9 Å². The zero-order chi connectivity index (χ0) is 31.5. The van der Waals surface area contributed by atoms with Gasteiger partial charge in [0.05, 0.1) is 19.9 Å². The molecule has 0 saturated heterocycles. The smallest absolute Gasteiger partial charge is 0.247 e. The second-order valence-corrected chi connectivity index (χ2v) is 12.3. The molecule has 0 aliphatic carbocycles. The van der Waals surface area contributed by atoms with Crippen molar-refractivity contribution >= 4 is 21.8 Å². The summed E-state index contributed by atoms with van der Waals surface area (Å²) in [6.07, 6.45) is 1.59. The number of sulfonamides is 1. The first-order chi connectivity index (χ1) is 21.1. The molecular formula is C34H36FN3O5S. The molecule has 230 valence electrons. The largest absolute Gasteiger partial charge is 0.497 e. The Hall–Kier alpha value is -4.54. The van der Waals surface area contributed by atoms with Crippen molar-refractivity contribution in [1.82, 2.24) is 14.5 Å². The molecule has 0 unspecified atom stereocenters. The van der Waals surface area contributed by atoms with Crippen molar-refractivity contribution in [1.29, 1.82) is 0 Å². The number of carbonyl (C=O) groups excluding carboxylic acids is 2. The molecular weight excluding hydrogens is 581 g/mol. The SMILES string of the molecule is COc1ccc(CCNC(=O)[C@H](c2ccccc2)N(Cc2ccc(F)cc2)C(=O)CN(Cc2ccccc2)S(C)(=O)=O)cc1. The van der Waals surface area contributed by atoms with Gasteiger partial charge < -0.3 is 15.0 Å². The molecule has 4 aromatic rings. The third kappa shape index (κ3) is 9.23. The van der Waals surface area contributed by atoms with Gasteiger partial charge in [-0.2, -0.15) is 4.31 Å². The molecule has 0 spiro atoms. The molecule has 4 aromatic carbocycles. The summed E-state index contributed by atoms with van der Waals surface area (Å²) in [6.45, 7) is -0.249. The van der Waals surface area contributed by atoms with Gasteiger partial charge in [-0.05, 0) is 52.9 Å². The van der Waals surface area contributed by atoms with Crippen LogP contribution in [0.5, 0.6) is 5.75 Å². The van der Waals surface area contributed by atoms with E-state index in [1.54, 1.807) is 61.7 Å². The number of benzene rings is 4. The third-order valence-electron chi connectivity index (χ3n) is 7.12. The predicted molar refractivity (Wildman–Crippen MR) is 168 cm³/mol. The van der Waals surface area contributed by atoms with Crippen LogP contribution in [0.1, 0.15) is 28.3 Å². The van der Waals surface area contributed by atoms with Crippen molar-refractivity contribution in [3.63, 3.8) is 0 Å². The number of hydrogen-bond acceptors (Lipinski definition) is 5. The molecule has 1 N–H and O–H groups in total. The summed E-state index contributed by atoms with van der Waals surface area (Å²) in [5.74, 6) is -0.704. The maximum atomic E-state index is 14.1. The van der Waals surface area contributed by atoms with Crippen LogP contribution in [0, 0.1) is 5.82 Å². The number of ether oxygens (including phenoxy) is 1. The molecule has 0 aliphatic rings. The van der Waals surface area contributed by atoms with Gasteiger partial charge in [-0.1, -0.05) is 84.9 Å². The Kier molecular flexibility index (Phi) is 11.2. The highest BCUT2D eigenvalue weighted by molar-refractivity contribution is 7.88. The van der Waals surface area contributed by atoms with Gasteiger partial charge in [-0.25, -0.2) is 12.8 Å².